The van der Waals surface area contributed by atoms with Crippen molar-refractivity contribution in [2.75, 3.05) is 29.5 Å². The van der Waals surface area contributed by atoms with Crippen LogP contribution in [0.25, 0.3) is 33.3 Å². The van der Waals surface area contributed by atoms with E-state index in [9.17, 15) is 14.9 Å². The number of hydrogen-bond acceptors (Lipinski definition) is 8. The number of rotatable bonds is 7. The van der Waals surface area contributed by atoms with Crippen LogP contribution >= 0.6 is 11.6 Å². The van der Waals surface area contributed by atoms with Gasteiger partial charge in [0.05, 0.1) is 27.2 Å². The van der Waals surface area contributed by atoms with Crippen molar-refractivity contribution < 1.29 is 4.92 Å². The Hall–Kier alpha value is -4.64. The second-order valence-corrected chi connectivity index (χ2v) is 8.17. The molecule has 0 radical (unpaired) electrons. The van der Waals surface area contributed by atoms with E-state index in [0.717, 1.165) is 22.6 Å². The summed E-state index contributed by atoms with van der Waals surface area (Å²) in [5, 5.41) is 18.6. The minimum absolute atomic E-state index is 0.0165. The lowest BCUT2D eigenvalue weighted by Gasteiger charge is -2.14. The predicted molar refractivity (Wildman–Crippen MR) is 137 cm³/mol. The normalized spacial score (nSPS) is 11.1. The van der Waals surface area contributed by atoms with E-state index in [4.69, 9.17) is 17.3 Å². The summed E-state index contributed by atoms with van der Waals surface area (Å²) in [6.45, 7) is 0.773. The smallest absolute Gasteiger partial charge is 0.310 e. The predicted octanol–water partition coefficient (Wildman–Crippen LogP) is 4.13. The van der Waals surface area contributed by atoms with Gasteiger partial charge in [-0.3, -0.25) is 14.9 Å². The molecule has 0 bridgehead atoms. The second kappa shape index (κ2) is 8.95. The first-order valence-corrected chi connectivity index (χ1v) is 11.0. The molecule has 3 aromatic heterocycles. The first kappa shape index (κ1) is 22.2. The van der Waals surface area contributed by atoms with Crippen molar-refractivity contribution >= 4 is 56.4 Å². The number of imidazole rings is 1. The van der Waals surface area contributed by atoms with Crippen molar-refractivity contribution in [2.24, 2.45) is 0 Å². The summed E-state index contributed by atoms with van der Waals surface area (Å²) in [5.74, 6) is 0.820. The average molecular weight is 491 g/mol. The van der Waals surface area contributed by atoms with E-state index in [1.165, 1.54) is 6.07 Å². The van der Waals surface area contributed by atoms with Crippen LogP contribution in [0.15, 0.2) is 59.5 Å². The van der Waals surface area contributed by atoms with Gasteiger partial charge in [0.15, 0.2) is 0 Å². The maximum atomic E-state index is 13.1. The number of hydrogen-bond donors (Lipinski definition) is 5. The van der Waals surface area contributed by atoms with Crippen molar-refractivity contribution in [2.45, 2.75) is 0 Å². The highest BCUT2D eigenvalue weighted by Crippen LogP contribution is 2.32. The molecule has 2 aromatic carbocycles. The number of H-pyrrole nitrogens is 2. The van der Waals surface area contributed by atoms with Crippen LogP contribution in [0.5, 0.6) is 0 Å². The quantitative estimate of drug-likeness (QED) is 0.129. The zero-order chi connectivity index (χ0) is 24.5. The number of halogens is 1. The topological polar surface area (TPSA) is 168 Å². The molecule has 0 atom stereocenters. The van der Waals surface area contributed by atoms with Crippen molar-refractivity contribution in [3.8, 4) is 11.4 Å². The van der Waals surface area contributed by atoms with Crippen LogP contribution in [0.2, 0.25) is 5.02 Å². The molecule has 0 spiro atoms. The number of para-hydroxylation sites is 2. The van der Waals surface area contributed by atoms with Gasteiger partial charge in [-0.05, 0) is 30.3 Å². The van der Waals surface area contributed by atoms with Crippen LogP contribution in [-0.2, 0) is 0 Å². The molecule has 11 nitrogen and oxygen atoms in total. The van der Waals surface area contributed by atoms with Crippen molar-refractivity contribution in [3.63, 3.8) is 0 Å². The molecule has 0 aliphatic heterocycles. The molecule has 0 saturated heterocycles. The Bertz CT molecular complexity index is 1610. The number of nitrogen functional groups attached to an aromatic ring is 1. The number of anilines is 3. The summed E-state index contributed by atoms with van der Waals surface area (Å²) in [7, 11) is 0. The number of aromatic nitrogens is 4. The van der Waals surface area contributed by atoms with Crippen molar-refractivity contribution in [3.05, 3.63) is 80.2 Å². The monoisotopic (exact) mass is 490 g/mol. The highest BCUT2D eigenvalue weighted by atomic mass is 35.5. The molecule has 0 fully saturated rings. The fourth-order valence-corrected chi connectivity index (χ4v) is 4.01. The van der Waals surface area contributed by atoms with Gasteiger partial charge in [0, 0.05) is 29.6 Å². The van der Waals surface area contributed by atoms with Crippen molar-refractivity contribution in [1.29, 1.82) is 0 Å². The molecule has 6 N–H and O–H groups in total. The number of pyridine rings is 2. The van der Waals surface area contributed by atoms with Gasteiger partial charge in [-0.1, -0.05) is 23.7 Å². The second-order valence-electron chi connectivity index (χ2n) is 7.74. The molecular weight excluding hydrogens is 472 g/mol. The van der Waals surface area contributed by atoms with Crippen LogP contribution < -0.4 is 21.9 Å². The van der Waals surface area contributed by atoms with E-state index in [1.807, 2.05) is 24.3 Å². The zero-order valence-corrected chi connectivity index (χ0v) is 18.9. The third kappa shape index (κ3) is 4.32. The molecule has 0 unspecified atom stereocenters. The van der Waals surface area contributed by atoms with Gasteiger partial charge in [-0.15, -0.1) is 0 Å². The highest BCUT2D eigenvalue weighted by Gasteiger charge is 2.18. The summed E-state index contributed by atoms with van der Waals surface area (Å²) >= 11 is 6.26. The Morgan fingerprint density at radius 3 is 2.63 bits per heavy atom. The lowest BCUT2D eigenvalue weighted by molar-refractivity contribution is -0.384. The molecule has 176 valence electrons. The summed E-state index contributed by atoms with van der Waals surface area (Å²) < 4.78 is 0. The number of nitro groups is 1. The lowest BCUT2D eigenvalue weighted by Crippen LogP contribution is -2.19. The van der Waals surface area contributed by atoms with Crippen LogP contribution in [-0.4, -0.2) is 37.9 Å². The van der Waals surface area contributed by atoms with E-state index in [2.05, 4.69) is 30.6 Å². The molecule has 0 amide bonds. The van der Waals surface area contributed by atoms with Crippen LogP contribution in [0, 0.1) is 10.1 Å². The Kier molecular flexibility index (Phi) is 5.67. The number of fused-ring (bicyclic) bond motifs is 2. The fourth-order valence-electron chi connectivity index (χ4n) is 3.84. The molecule has 12 heteroatoms. The number of benzene rings is 2. The van der Waals surface area contributed by atoms with Gasteiger partial charge in [0.25, 0.3) is 5.56 Å². The molecule has 0 saturated carbocycles. The molecule has 5 aromatic rings. The standard InChI is InChI=1S/C23H19ClN8O3/c24-12-5-6-15-13(9-12)21(27-8-7-26-19-10-14(25)18(11-28-19)32(34)35)20(23(33)31-15)22-29-16-3-1-2-4-17(16)30-22/h1-6,9-11H,7-8H2,(H,29,30)(H3,25,26,28)(H2,27,31,33). The molecular formula is C23H19ClN8O3. The summed E-state index contributed by atoms with van der Waals surface area (Å²) in [6.07, 6.45) is 1.11. The van der Waals surface area contributed by atoms with Crippen LogP contribution in [0.4, 0.5) is 22.9 Å². The van der Waals surface area contributed by atoms with E-state index in [1.54, 1.807) is 18.2 Å². The molecule has 35 heavy (non-hydrogen) atoms. The van der Waals surface area contributed by atoms with E-state index in [0.29, 0.717) is 46.5 Å². The largest absolute Gasteiger partial charge is 0.393 e. The number of nitrogens with one attached hydrogen (secondary N) is 4. The molecule has 0 aliphatic carbocycles. The van der Waals surface area contributed by atoms with Gasteiger partial charge in [-0.2, -0.15) is 0 Å². The SMILES string of the molecule is Nc1cc(NCCNc2c(-c3nc4ccccc4[nH]3)c(=O)[nH]c3ccc(Cl)cc23)ncc1[N+](=O)[O-]. The van der Waals surface area contributed by atoms with Gasteiger partial charge in [0.2, 0.25) is 0 Å². The summed E-state index contributed by atoms with van der Waals surface area (Å²) in [6, 6.07) is 14.1. The number of nitrogens with zero attached hydrogens (tertiary/aromatic N) is 3. The first-order chi connectivity index (χ1) is 16.9. The first-order valence-electron chi connectivity index (χ1n) is 10.6. The molecule has 3 heterocycles. The van der Waals surface area contributed by atoms with Crippen LogP contribution in [0.3, 0.4) is 0 Å². The minimum Gasteiger partial charge on any atom is -0.393 e. The van der Waals surface area contributed by atoms with E-state index >= 15 is 0 Å². The third-order valence-electron chi connectivity index (χ3n) is 5.45. The van der Waals surface area contributed by atoms with Gasteiger partial charge in [-0.25, -0.2) is 9.97 Å². The summed E-state index contributed by atoms with van der Waals surface area (Å²) in [5.41, 5.74) is 8.28. The summed E-state index contributed by atoms with van der Waals surface area (Å²) in [4.78, 5) is 38.2. The van der Waals surface area contributed by atoms with Gasteiger partial charge >= 0.3 is 5.69 Å². The van der Waals surface area contributed by atoms with E-state index in [-0.39, 0.29) is 16.9 Å². The van der Waals surface area contributed by atoms with Crippen LogP contribution in [0.1, 0.15) is 0 Å². The maximum absolute atomic E-state index is 13.1. The Labute approximate surface area is 202 Å². The Balaban J connectivity index is 1.47. The number of aromatic amines is 2. The minimum atomic E-state index is -0.587. The van der Waals surface area contributed by atoms with Gasteiger partial charge < -0.3 is 26.3 Å². The zero-order valence-electron chi connectivity index (χ0n) is 18.1. The third-order valence-corrected chi connectivity index (χ3v) is 5.68. The highest BCUT2D eigenvalue weighted by molar-refractivity contribution is 6.31. The lowest BCUT2D eigenvalue weighted by atomic mass is 10.1. The average Bonchev–Trinajstić information content (AvgIpc) is 3.25. The molecule has 0 aliphatic rings. The van der Waals surface area contributed by atoms with Gasteiger partial charge in [0.1, 0.15) is 29.1 Å². The van der Waals surface area contributed by atoms with E-state index < -0.39 is 4.92 Å². The van der Waals surface area contributed by atoms with Crippen molar-refractivity contribution in [1.82, 2.24) is 19.9 Å². The molecule has 5 rings (SSSR count). The Morgan fingerprint density at radius 1 is 1.06 bits per heavy atom. The Morgan fingerprint density at radius 2 is 1.86 bits per heavy atom. The number of nitrogens with two attached hydrogens (primary N) is 1. The fraction of sp³-hybridized carbons (Fsp3) is 0.0870. The maximum Gasteiger partial charge on any atom is 0.310 e.